The first kappa shape index (κ1) is 15.3. The van der Waals surface area contributed by atoms with Gasteiger partial charge in [-0.3, -0.25) is 0 Å². The van der Waals surface area contributed by atoms with E-state index in [-0.39, 0.29) is 17.5 Å². The molecule has 1 saturated carbocycles. The van der Waals surface area contributed by atoms with Crippen LogP contribution in [0.1, 0.15) is 37.3 Å². The van der Waals surface area contributed by atoms with E-state index in [0.29, 0.717) is 18.6 Å². The lowest BCUT2D eigenvalue weighted by Gasteiger charge is -2.54. The van der Waals surface area contributed by atoms with E-state index in [1.807, 2.05) is 13.8 Å². The third-order valence-corrected chi connectivity index (χ3v) is 5.23. The van der Waals surface area contributed by atoms with Crippen LogP contribution in [-0.2, 0) is 11.2 Å². The van der Waals surface area contributed by atoms with E-state index in [1.165, 1.54) is 0 Å². The lowest BCUT2D eigenvalue weighted by molar-refractivity contribution is -0.108. The van der Waals surface area contributed by atoms with E-state index < -0.39 is 0 Å². The summed E-state index contributed by atoms with van der Waals surface area (Å²) >= 11 is 0. The molecule has 1 saturated heterocycles. The molecule has 2 aliphatic rings. The molecule has 1 aromatic rings. The molecule has 6 nitrogen and oxygen atoms in total. The minimum absolute atomic E-state index is 0.0140. The molecule has 3 atom stereocenters. The zero-order valence-electron chi connectivity index (χ0n) is 13.7. The fraction of sp³-hybridized carbons (Fsp3) is 0.750. The van der Waals surface area contributed by atoms with Gasteiger partial charge in [0.2, 0.25) is 0 Å². The quantitative estimate of drug-likeness (QED) is 0.891. The first-order valence-corrected chi connectivity index (χ1v) is 7.99. The van der Waals surface area contributed by atoms with E-state index in [4.69, 9.17) is 9.26 Å². The Bertz CT molecular complexity index is 547. The number of nitrogens with one attached hydrogen (secondary N) is 2. The van der Waals surface area contributed by atoms with Crippen LogP contribution in [0.2, 0.25) is 0 Å². The van der Waals surface area contributed by atoms with Gasteiger partial charge < -0.3 is 19.9 Å². The number of hydrogen-bond acceptors (Lipinski definition) is 4. The summed E-state index contributed by atoms with van der Waals surface area (Å²) in [6, 6.07) is 0.0919. The molecule has 6 heteroatoms. The SMILES string of the molecule is Cc1noc(C)c1CCNC(=O)N[C@@H]1[C@@H]2CCO[C@@H]2C1(C)C. The van der Waals surface area contributed by atoms with Crippen molar-refractivity contribution >= 4 is 6.03 Å². The number of carbonyl (C=O) groups excluding carboxylic acids is 1. The molecule has 22 heavy (non-hydrogen) atoms. The van der Waals surface area contributed by atoms with Gasteiger partial charge in [0.05, 0.1) is 11.8 Å². The second kappa shape index (κ2) is 5.57. The predicted octanol–water partition coefficient (Wildman–Crippen LogP) is 1.95. The lowest BCUT2D eigenvalue weighted by atomic mass is 9.57. The number of fused-ring (bicyclic) bond motifs is 1. The van der Waals surface area contributed by atoms with Crippen molar-refractivity contribution in [3.63, 3.8) is 0 Å². The van der Waals surface area contributed by atoms with Crippen molar-refractivity contribution in [3.8, 4) is 0 Å². The van der Waals surface area contributed by atoms with Crippen molar-refractivity contribution in [1.82, 2.24) is 15.8 Å². The maximum atomic E-state index is 12.1. The van der Waals surface area contributed by atoms with E-state index in [1.54, 1.807) is 0 Å². The van der Waals surface area contributed by atoms with Crippen molar-refractivity contribution in [2.45, 2.75) is 52.7 Å². The predicted molar refractivity (Wildman–Crippen MR) is 81.6 cm³/mol. The molecule has 0 bridgehead atoms. The highest BCUT2D eigenvalue weighted by atomic mass is 16.5. The van der Waals surface area contributed by atoms with E-state index in [0.717, 1.165) is 36.5 Å². The molecule has 2 fully saturated rings. The van der Waals surface area contributed by atoms with E-state index >= 15 is 0 Å². The van der Waals surface area contributed by atoms with Gasteiger partial charge in [-0.25, -0.2) is 4.79 Å². The largest absolute Gasteiger partial charge is 0.377 e. The fourth-order valence-corrected chi connectivity index (χ4v) is 3.97. The van der Waals surface area contributed by atoms with Gasteiger partial charge in [0.25, 0.3) is 0 Å². The zero-order chi connectivity index (χ0) is 15.9. The highest BCUT2D eigenvalue weighted by Gasteiger charge is 2.59. The Kier molecular flexibility index (Phi) is 3.89. The maximum absolute atomic E-state index is 12.1. The van der Waals surface area contributed by atoms with Crippen LogP contribution in [0.4, 0.5) is 4.79 Å². The second-order valence-electron chi connectivity index (χ2n) is 7.00. The van der Waals surface area contributed by atoms with Crippen LogP contribution in [0.15, 0.2) is 4.52 Å². The molecule has 1 aromatic heterocycles. The van der Waals surface area contributed by atoms with Crippen LogP contribution in [0.5, 0.6) is 0 Å². The van der Waals surface area contributed by atoms with Gasteiger partial charge in [0.1, 0.15) is 5.76 Å². The van der Waals surface area contributed by atoms with Gasteiger partial charge in [-0.05, 0) is 26.7 Å². The Morgan fingerprint density at radius 1 is 1.41 bits per heavy atom. The molecule has 0 unspecified atom stereocenters. The van der Waals surface area contributed by atoms with E-state index in [9.17, 15) is 4.79 Å². The average Bonchev–Trinajstić information content (AvgIpc) is 3.04. The third-order valence-electron chi connectivity index (χ3n) is 5.23. The molecule has 2 N–H and O–H groups in total. The van der Waals surface area contributed by atoms with Crippen molar-refractivity contribution in [2.75, 3.05) is 13.2 Å². The Labute approximate surface area is 131 Å². The Morgan fingerprint density at radius 3 is 2.86 bits per heavy atom. The van der Waals surface area contributed by atoms with Gasteiger partial charge in [-0.2, -0.15) is 0 Å². The number of carbonyl (C=O) groups is 1. The molecule has 2 heterocycles. The summed E-state index contributed by atoms with van der Waals surface area (Å²) in [4.78, 5) is 12.1. The lowest BCUT2D eigenvalue weighted by Crippen LogP contribution is -2.67. The molecule has 3 rings (SSSR count). The maximum Gasteiger partial charge on any atom is 0.315 e. The summed E-state index contributed by atoms with van der Waals surface area (Å²) < 4.78 is 10.9. The Balaban J connectivity index is 1.47. The van der Waals surface area contributed by atoms with Crippen LogP contribution in [0, 0.1) is 25.2 Å². The van der Waals surface area contributed by atoms with Crippen molar-refractivity contribution < 1.29 is 14.1 Å². The monoisotopic (exact) mass is 307 g/mol. The van der Waals surface area contributed by atoms with E-state index in [2.05, 4.69) is 29.6 Å². The molecule has 122 valence electrons. The van der Waals surface area contributed by atoms with Gasteiger partial charge in [0.15, 0.2) is 0 Å². The zero-order valence-corrected chi connectivity index (χ0v) is 13.7. The van der Waals surface area contributed by atoms with Crippen molar-refractivity contribution in [1.29, 1.82) is 0 Å². The highest BCUT2D eigenvalue weighted by Crippen LogP contribution is 2.51. The number of amides is 2. The Morgan fingerprint density at radius 2 is 2.18 bits per heavy atom. The molecule has 0 spiro atoms. The van der Waals surface area contributed by atoms with Crippen LogP contribution in [-0.4, -0.2) is 36.5 Å². The summed E-state index contributed by atoms with van der Waals surface area (Å²) in [7, 11) is 0. The third kappa shape index (κ3) is 2.49. The minimum atomic E-state index is -0.102. The summed E-state index contributed by atoms with van der Waals surface area (Å²) in [6.45, 7) is 9.52. The number of hydrogen-bond donors (Lipinski definition) is 2. The van der Waals surface area contributed by atoms with Gasteiger partial charge in [0, 0.05) is 36.1 Å². The number of urea groups is 1. The summed E-state index contributed by atoms with van der Waals surface area (Å²) in [5, 5.41) is 9.97. The highest BCUT2D eigenvalue weighted by molar-refractivity contribution is 5.74. The standard InChI is InChI=1S/C16H25N3O3/c1-9-11(10(2)22-19-9)5-7-17-15(20)18-13-12-6-8-21-14(12)16(13,3)4/h12-14H,5-8H2,1-4H3,(H2,17,18,20)/t12-,13+,14-/m0/s1. The normalized spacial score (nSPS) is 28.8. The van der Waals surface area contributed by atoms with Crippen molar-refractivity contribution in [3.05, 3.63) is 17.0 Å². The summed E-state index contributed by atoms with van der Waals surface area (Å²) in [5.41, 5.74) is 1.99. The minimum Gasteiger partial charge on any atom is -0.377 e. The summed E-state index contributed by atoms with van der Waals surface area (Å²) in [6.07, 6.45) is 2.07. The number of nitrogens with zero attached hydrogens (tertiary/aromatic N) is 1. The van der Waals surface area contributed by atoms with Crippen LogP contribution in [0.25, 0.3) is 0 Å². The van der Waals surface area contributed by atoms with Crippen LogP contribution in [0.3, 0.4) is 0 Å². The number of aryl methyl sites for hydroxylation is 2. The molecule has 2 amide bonds. The average molecular weight is 307 g/mol. The van der Waals surface area contributed by atoms with Crippen molar-refractivity contribution in [2.24, 2.45) is 11.3 Å². The van der Waals surface area contributed by atoms with Crippen LogP contribution >= 0.6 is 0 Å². The number of rotatable bonds is 4. The van der Waals surface area contributed by atoms with Crippen LogP contribution < -0.4 is 10.6 Å². The molecular formula is C16H25N3O3. The van der Waals surface area contributed by atoms with Gasteiger partial charge >= 0.3 is 6.03 Å². The first-order valence-electron chi connectivity index (χ1n) is 7.99. The fourth-order valence-electron chi connectivity index (χ4n) is 3.97. The number of ether oxygens (including phenoxy) is 1. The smallest absolute Gasteiger partial charge is 0.315 e. The first-order chi connectivity index (χ1) is 10.4. The number of aromatic nitrogens is 1. The molecule has 1 aliphatic heterocycles. The Hall–Kier alpha value is -1.56. The molecule has 1 aliphatic carbocycles. The molecule has 0 radical (unpaired) electrons. The molecule has 0 aromatic carbocycles. The van der Waals surface area contributed by atoms with Gasteiger partial charge in [-0.1, -0.05) is 19.0 Å². The topological polar surface area (TPSA) is 76.4 Å². The second-order valence-corrected chi connectivity index (χ2v) is 7.00. The summed E-state index contributed by atoms with van der Waals surface area (Å²) in [5.74, 6) is 1.29. The molecular weight excluding hydrogens is 282 g/mol. The van der Waals surface area contributed by atoms with Gasteiger partial charge in [-0.15, -0.1) is 0 Å².